The zero-order chi connectivity index (χ0) is 15.5. The first-order valence-electron chi connectivity index (χ1n) is 6.35. The van der Waals surface area contributed by atoms with Crippen molar-refractivity contribution in [2.75, 3.05) is 7.05 Å². The molecule has 5 heteroatoms. The number of carbonyl (C=O) groups excluding carboxylic acids is 1. The van der Waals surface area contributed by atoms with Crippen molar-refractivity contribution in [2.45, 2.75) is 27.3 Å². The van der Waals surface area contributed by atoms with Crippen LogP contribution in [-0.2, 0) is 16.1 Å². The van der Waals surface area contributed by atoms with Crippen LogP contribution in [0.15, 0.2) is 24.3 Å². The van der Waals surface area contributed by atoms with Crippen molar-refractivity contribution in [3.8, 4) is 0 Å². The lowest BCUT2D eigenvalue weighted by atomic mass is 9.80. The van der Waals surface area contributed by atoms with Crippen molar-refractivity contribution in [1.29, 1.82) is 0 Å². The fourth-order valence-electron chi connectivity index (χ4n) is 2.05. The normalized spacial score (nSPS) is 12.8. The molecule has 0 heterocycles. The number of hydrogen-bond donors (Lipinski definition) is 1. The van der Waals surface area contributed by atoms with Crippen LogP contribution in [0.2, 0.25) is 0 Å². The molecule has 0 aliphatic carbocycles. The van der Waals surface area contributed by atoms with Gasteiger partial charge in [0.2, 0.25) is 5.91 Å². The van der Waals surface area contributed by atoms with Crippen LogP contribution < -0.4 is 0 Å². The number of carboxylic acid groups (broad SMARTS) is 1. The summed E-state index contributed by atoms with van der Waals surface area (Å²) < 4.78 is 13.1. The molecule has 0 saturated carbocycles. The second kappa shape index (κ2) is 6.03. The Morgan fingerprint density at radius 3 is 2.40 bits per heavy atom. The summed E-state index contributed by atoms with van der Waals surface area (Å²) in [5.74, 6) is -3.13. The first-order valence-corrected chi connectivity index (χ1v) is 6.35. The summed E-state index contributed by atoms with van der Waals surface area (Å²) in [6.07, 6.45) is 0. The third-order valence-electron chi connectivity index (χ3n) is 3.04. The van der Waals surface area contributed by atoms with E-state index in [1.165, 1.54) is 24.1 Å². The summed E-state index contributed by atoms with van der Waals surface area (Å²) in [6, 6.07) is 5.90. The maximum atomic E-state index is 13.1. The fourth-order valence-corrected chi connectivity index (χ4v) is 2.05. The van der Waals surface area contributed by atoms with E-state index in [2.05, 4.69) is 0 Å². The van der Waals surface area contributed by atoms with Gasteiger partial charge in [0.25, 0.3) is 0 Å². The fraction of sp³-hybridized carbons (Fsp3) is 0.467. The minimum absolute atomic E-state index is 0.177. The smallest absolute Gasteiger partial charge is 0.316 e. The number of benzene rings is 1. The van der Waals surface area contributed by atoms with E-state index < -0.39 is 23.2 Å². The van der Waals surface area contributed by atoms with Crippen LogP contribution in [0, 0.1) is 17.2 Å². The summed E-state index contributed by atoms with van der Waals surface area (Å²) in [5, 5.41) is 9.23. The molecule has 0 aliphatic heterocycles. The molecule has 0 spiro atoms. The van der Waals surface area contributed by atoms with Gasteiger partial charge in [0, 0.05) is 13.6 Å². The van der Waals surface area contributed by atoms with Crippen molar-refractivity contribution in [3.63, 3.8) is 0 Å². The number of carboxylic acids is 1. The molecule has 0 bridgehead atoms. The van der Waals surface area contributed by atoms with Crippen molar-refractivity contribution in [3.05, 3.63) is 35.6 Å². The van der Waals surface area contributed by atoms with Crippen molar-refractivity contribution < 1.29 is 19.1 Å². The third kappa shape index (κ3) is 4.05. The number of nitrogens with zero attached hydrogens (tertiary/aromatic N) is 1. The summed E-state index contributed by atoms with van der Waals surface area (Å²) in [4.78, 5) is 24.9. The Morgan fingerprint density at radius 2 is 1.95 bits per heavy atom. The SMILES string of the molecule is CN(Cc1cccc(F)c1)C(=O)C(C(=O)O)C(C)(C)C. The number of amides is 1. The predicted molar refractivity (Wildman–Crippen MR) is 73.5 cm³/mol. The minimum Gasteiger partial charge on any atom is -0.481 e. The van der Waals surface area contributed by atoms with Gasteiger partial charge in [-0.2, -0.15) is 0 Å². The maximum Gasteiger partial charge on any atom is 0.316 e. The van der Waals surface area contributed by atoms with Crippen LogP contribution in [0.3, 0.4) is 0 Å². The lowest BCUT2D eigenvalue weighted by Gasteiger charge is -2.30. The Morgan fingerprint density at radius 1 is 1.35 bits per heavy atom. The molecule has 110 valence electrons. The molecule has 1 atom stereocenters. The molecule has 4 nitrogen and oxygen atoms in total. The molecule has 1 aromatic carbocycles. The van der Waals surface area contributed by atoms with Crippen molar-refractivity contribution in [2.24, 2.45) is 11.3 Å². The van der Waals surface area contributed by atoms with Crippen LogP contribution in [0.25, 0.3) is 0 Å². The monoisotopic (exact) mass is 281 g/mol. The van der Waals surface area contributed by atoms with Gasteiger partial charge in [0.1, 0.15) is 11.7 Å². The third-order valence-corrected chi connectivity index (χ3v) is 3.04. The van der Waals surface area contributed by atoms with E-state index >= 15 is 0 Å². The van der Waals surface area contributed by atoms with Gasteiger partial charge in [-0.3, -0.25) is 9.59 Å². The lowest BCUT2D eigenvalue weighted by molar-refractivity contribution is -0.155. The first-order chi connectivity index (χ1) is 9.12. The van der Waals surface area contributed by atoms with Crippen molar-refractivity contribution >= 4 is 11.9 Å². The Labute approximate surface area is 118 Å². The van der Waals surface area contributed by atoms with Gasteiger partial charge in [-0.25, -0.2) is 4.39 Å². The van der Waals surface area contributed by atoms with Gasteiger partial charge < -0.3 is 10.0 Å². The summed E-state index contributed by atoms with van der Waals surface area (Å²) in [6.45, 7) is 5.30. The van der Waals surface area contributed by atoms with E-state index in [-0.39, 0.29) is 12.4 Å². The molecule has 1 aromatic rings. The van der Waals surface area contributed by atoms with Gasteiger partial charge in [-0.1, -0.05) is 32.9 Å². The largest absolute Gasteiger partial charge is 0.481 e. The number of hydrogen-bond acceptors (Lipinski definition) is 2. The molecule has 1 rings (SSSR count). The summed E-state index contributed by atoms with van der Waals surface area (Å²) >= 11 is 0. The van der Waals surface area contributed by atoms with Crippen LogP contribution in [0.1, 0.15) is 26.3 Å². The Kier molecular flexibility index (Phi) is 4.87. The highest BCUT2D eigenvalue weighted by molar-refractivity contribution is 5.97. The highest BCUT2D eigenvalue weighted by atomic mass is 19.1. The molecule has 1 N–H and O–H groups in total. The highest BCUT2D eigenvalue weighted by Gasteiger charge is 2.39. The minimum atomic E-state index is -1.14. The van der Waals surface area contributed by atoms with E-state index in [9.17, 15) is 19.1 Å². The van der Waals surface area contributed by atoms with Gasteiger partial charge >= 0.3 is 5.97 Å². The molecular formula is C15H20FNO3. The molecule has 20 heavy (non-hydrogen) atoms. The Hall–Kier alpha value is -1.91. The molecule has 0 fully saturated rings. The molecule has 1 unspecified atom stereocenters. The van der Waals surface area contributed by atoms with E-state index in [0.29, 0.717) is 5.56 Å². The second-order valence-corrected chi connectivity index (χ2v) is 5.96. The number of carbonyl (C=O) groups is 2. The van der Waals surface area contributed by atoms with E-state index in [4.69, 9.17) is 0 Å². The number of aliphatic carboxylic acids is 1. The summed E-state index contributed by atoms with van der Waals surface area (Å²) in [7, 11) is 1.52. The highest BCUT2D eigenvalue weighted by Crippen LogP contribution is 2.28. The Balaban J connectivity index is 2.88. The van der Waals surface area contributed by atoms with Gasteiger partial charge in [-0.15, -0.1) is 0 Å². The zero-order valence-corrected chi connectivity index (χ0v) is 12.2. The van der Waals surface area contributed by atoms with E-state index in [1.807, 2.05) is 0 Å². The maximum absolute atomic E-state index is 13.1. The lowest BCUT2D eigenvalue weighted by Crippen LogP contribution is -2.43. The van der Waals surface area contributed by atoms with Gasteiger partial charge in [-0.05, 0) is 23.1 Å². The average Bonchev–Trinajstić information content (AvgIpc) is 2.26. The van der Waals surface area contributed by atoms with E-state index in [0.717, 1.165) is 0 Å². The van der Waals surface area contributed by atoms with Crippen LogP contribution in [-0.4, -0.2) is 28.9 Å². The van der Waals surface area contributed by atoms with E-state index in [1.54, 1.807) is 32.9 Å². The first kappa shape index (κ1) is 16.1. The number of halogens is 1. The second-order valence-electron chi connectivity index (χ2n) is 5.96. The zero-order valence-electron chi connectivity index (χ0n) is 12.2. The van der Waals surface area contributed by atoms with Crippen molar-refractivity contribution in [1.82, 2.24) is 4.90 Å². The summed E-state index contributed by atoms with van der Waals surface area (Å²) in [5.41, 5.74) is -0.0575. The van der Waals surface area contributed by atoms with Gasteiger partial charge in [0.05, 0.1) is 0 Å². The topological polar surface area (TPSA) is 57.6 Å². The average molecular weight is 281 g/mol. The van der Waals surface area contributed by atoms with Crippen LogP contribution in [0.5, 0.6) is 0 Å². The molecule has 0 aliphatic rings. The quantitative estimate of drug-likeness (QED) is 0.863. The van der Waals surface area contributed by atoms with Crippen LogP contribution in [0.4, 0.5) is 4.39 Å². The molecule has 1 amide bonds. The Bertz CT molecular complexity index is 508. The standard InChI is InChI=1S/C15H20FNO3/c1-15(2,3)12(14(19)20)13(18)17(4)9-10-6-5-7-11(16)8-10/h5-8,12H,9H2,1-4H3,(H,19,20). The molecule has 0 saturated heterocycles. The molecule has 0 radical (unpaired) electrons. The van der Waals surface area contributed by atoms with Gasteiger partial charge in [0.15, 0.2) is 0 Å². The molecule has 0 aromatic heterocycles. The predicted octanol–water partition coefficient (Wildman–Crippen LogP) is 2.53. The molecular weight excluding hydrogens is 261 g/mol. The number of rotatable bonds is 4. The van der Waals surface area contributed by atoms with Crippen LogP contribution >= 0.6 is 0 Å².